The maximum atomic E-state index is 5.99. The Labute approximate surface area is 132 Å². The predicted octanol–water partition coefficient (Wildman–Crippen LogP) is 2.22. The maximum Gasteiger partial charge on any atom is 0.145 e. The fourth-order valence-corrected chi connectivity index (χ4v) is 2.86. The minimum absolute atomic E-state index is 0.410. The Morgan fingerprint density at radius 1 is 1.27 bits per heavy atom. The molecule has 4 heterocycles. The molecule has 3 aromatic rings. The van der Waals surface area contributed by atoms with E-state index in [9.17, 15) is 0 Å². The smallest absolute Gasteiger partial charge is 0.145 e. The number of rotatable bonds is 3. The van der Waals surface area contributed by atoms with Crippen LogP contribution in [0.15, 0.2) is 36.9 Å². The molecule has 3 aromatic heterocycles. The summed E-state index contributed by atoms with van der Waals surface area (Å²) in [6.45, 7) is 2.00. The maximum absolute atomic E-state index is 5.99. The Morgan fingerprint density at radius 3 is 3.09 bits per heavy atom. The van der Waals surface area contributed by atoms with Gasteiger partial charge < -0.3 is 10.6 Å². The molecule has 112 valence electrons. The van der Waals surface area contributed by atoms with Crippen LogP contribution in [0.1, 0.15) is 6.42 Å². The number of nitrogens with one attached hydrogen (secondary N) is 2. The SMILES string of the molecule is Clc1ccc2c(-c3cncc(N[C@@H]4CCNC4)n3)cnn2c1. The third kappa shape index (κ3) is 2.51. The Balaban J connectivity index is 1.68. The van der Waals surface area contributed by atoms with Crippen molar-refractivity contribution >= 4 is 22.9 Å². The Bertz CT molecular complexity index is 809. The molecule has 0 radical (unpaired) electrons. The summed E-state index contributed by atoms with van der Waals surface area (Å²) in [7, 11) is 0. The molecule has 22 heavy (non-hydrogen) atoms. The number of halogens is 1. The zero-order valence-electron chi connectivity index (χ0n) is 11.8. The van der Waals surface area contributed by atoms with E-state index in [0.717, 1.165) is 42.1 Å². The normalized spacial score (nSPS) is 18.0. The van der Waals surface area contributed by atoms with Gasteiger partial charge in [0.2, 0.25) is 0 Å². The third-order valence-electron chi connectivity index (χ3n) is 3.80. The summed E-state index contributed by atoms with van der Waals surface area (Å²) in [6.07, 6.45) is 8.17. The zero-order valence-corrected chi connectivity index (χ0v) is 12.6. The van der Waals surface area contributed by atoms with Gasteiger partial charge in [-0.05, 0) is 25.1 Å². The molecular formula is C15H15ClN6. The van der Waals surface area contributed by atoms with Gasteiger partial charge in [0, 0.05) is 24.3 Å². The van der Waals surface area contributed by atoms with Gasteiger partial charge in [-0.15, -0.1) is 0 Å². The fraction of sp³-hybridized carbons (Fsp3) is 0.267. The molecule has 1 fully saturated rings. The van der Waals surface area contributed by atoms with Crippen LogP contribution in [-0.2, 0) is 0 Å². The van der Waals surface area contributed by atoms with Crippen LogP contribution in [0.2, 0.25) is 5.02 Å². The predicted molar refractivity (Wildman–Crippen MR) is 86.1 cm³/mol. The number of fused-ring (bicyclic) bond motifs is 1. The summed E-state index contributed by atoms with van der Waals surface area (Å²) in [5.41, 5.74) is 2.70. The van der Waals surface area contributed by atoms with Crippen LogP contribution in [-0.4, -0.2) is 38.7 Å². The van der Waals surface area contributed by atoms with Gasteiger partial charge in [0.15, 0.2) is 0 Å². The monoisotopic (exact) mass is 314 g/mol. The highest BCUT2D eigenvalue weighted by Gasteiger charge is 2.15. The van der Waals surface area contributed by atoms with Crippen molar-refractivity contribution in [3.63, 3.8) is 0 Å². The first kappa shape index (κ1) is 13.5. The molecule has 6 nitrogen and oxygen atoms in total. The number of pyridine rings is 1. The number of hydrogen-bond acceptors (Lipinski definition) is 5. The van der Waals surface area contributed by atoms with Crippen molar-refractivity contribution in [1.82, 2.24) is 24.9 Å². The van der Waals surface area contributed by atoms with E-state index in [1.54, 1.807) is 29.3 Å². The summed E-state index contributed by atoms with van der Waals surface area (Å²) in [5.74, 6) is 0.791. The van der Waals surface area contributed by atoms with Crippen LogP contribution < -0.4 is 10.6 Å². The number of hydrogen-bond donors (Lipinski definition) is 2. The van der Waals surface area contributed by atoms with Gasteiger partial charge in [0.25, 0.3) is 0 Å². The minimum Gasteiger partial charge on any atom is -0.365 e. The summed E-state index contributed by atoms with van der Waals surface area (Å²) >= 11 is 5.99. The summed E-state index contributed by atoms with van der Waals surface area (Å²) in [6, 6.07) is 4.20. The number of anilines is 1. The second-order valence-electron chi connectivity index (χ2n) is 5.36. The molecule has 1 aliphatic rings. The van der Waals surface area contributed by atoms with Crippen molar-refractivity contribution in [2.45, 2.75) is 12.5 Å². The molecule has 4 rings (SSSR count). The van der Waals surface area contributed by atoms with Crippen molar-refractivity contribution in [2.75, 3.05) is 18.4 Å². The highest BCUT2D eigenvalue weighted by molar-refractivity contribution is 6.30. The molecule has 0 unspecified atom stereocenters. The Kier molecular flexibility index (Phi) is 3.40. The summed E-state index contributed by atoms with van der Waals surface area (Å²) in [5, 5.41) is 11.7. The molecule has 1 saturated heterocycles. The molecule has 1 aliphatic heterocycles. The second kappa shape index (κ2) is 5.55. The third-order valence-corrected chi connectivity index (χ3v) is 4.03. The topological polar surface area (TPSA) is 67.1 Å². The Hall–Kier alpha value is -2.18. The fourth-order valence-electron chi connectivity index (χ4n) is 2.71. The molecule has 0 spiro atoms. The van der Waals surface area contributed by atoms with Crippen molar-refractivity contribution in [1.29, 1.82) is 0 Å². The highest BCUT2D eigenvalue weighted by Crippen LogP contribution is 2.24. The molecule has 7 heteroatoms. The van der Waals surface area contributed by atoms with Crippen molar-refractivity contribution < 1.29 is 0 Å². The molecule has 0 saturated carbocycles. The van der Waals surface area contributed by atoms with Gasteiger partial charge in [-0.2, -0.15) is 5.10 Å². The zero-order chi connectivity index (χ0) is 14.9. The van der Waals surface area contributed by atoms with Crippen LogP contribution in [0.5, 0.6) is 0 Å². The lowest BCUT2D eigenvalue weighted by Crippen LogP contribution is -2.22. The van der Waals surface area contributed by atoms with E-state index in [4.69, 9.17) is 11.6 Å². The van der Waals surface area contributed by atoms with E-state index < -0.39 is 0 Å². The molecule has 1 atom stereocenters. The molecule has 0 aliphatic carbocycles. The minimum atomic E-state index is 0.410. The van der Waals surface area contributed by atoms with E-state index in [2.05, 4.69) is 25.7 Å². The van der Waals surface area contributed by atoms with Gasteiger partial charge >= 0.3 is 0 Å². The van der Waals surface area contributed by atoms with Gasteiger partial charge in [-0.3, -0.25) is 4.98 Å². The molecule has 0 bridgehead atoms. The molecule has 0 aromatic carbocycles. The lowest BCUT2D eigenvalue weighted by molar-refractivity contribution is 0.787. The van der Waals surface area contributed by atoms with E-state index in [-0.39, 0.29) is 0 Å². The molecular weight excluding hydrogens is 300 g/mol. The average molecular weight is 315 g/mol. The number of aromatic nitrogens is 4. The van der Waals surface area contributed by atoms with Gasteiger partial charge in [-0.1, -0.05) is 11.6 Å². The van der Waals surface area contributed by atoms with Gasteiger partial charge in [-0.25, -0.2) is 9.50 Å². The average Bonchev–Trinajstić information content (AvgIpc) is 3.16. The van der Waals surface area contributed by atoms with E-state index >= 15 is 0 Å². The van der Waals surface area contributed by atoms with Crippen LogP contribution in [0.4, 0.5) is 5.82 Å². The highest BCUT2D eigenvalue weighted by atomic mass is 35.5. The second-order valence-corrected chi connectivity index (χ2v) is 5.80. The quantitative estimate of drug-likeness (QED) is 0.776. The van der Waals surface area contributed by atoms with E-state index in [0.29, 0.717) is 11.1 Å². The van der Waals surface area contributed by atoms with Crippen molar-refractivity contribution in [3.05, 3.63) is 41.9 Å². The van der Waals surface area contributed by atoms with Crippen molar-refractivity contribution in [2.24, 2.45) is 0 Å². The summed E-state index contributed by atoms with van der Waals surface area (Å²) < 4.78 is 1.75. The first-order chi connectivity index (χ1) is 10.8. The first-order valence-corrected chi connectivity index (χ1v) is 7.60. The lowest BCUT2D eigenvalue weighted by Gasteiger charge is -2.12. The van der Waals surface area contributed by atoms with Crippen LogP contribution in [0, 0.1) is 0 Å². The standard InChI is InChI=1S/C15H15ClN6/c16-10-1-2-14-12(6-19-22(14)9-10)13-7-18-8-15(21-13)20-11-3-4-17-5-11/h1-2,6-9,11,17H,3-5H2,(H,20,21)/t11-/m1/s1. The van der Waals surface area contributed by atoms with Gasteiger partial charge in [0.05, 0.1) is 34.8 Å². The largest absolute Gasteiger partial charge is 0.365 e. The Morgan fingerprint density at radius 2 is 2.23 bits per heavy atom. The molecule has 0 amide bonds. The van der Waals surface area contributed by atoms with Crippen LogP contribution in [0.25, 0.3) is 16.8 Å². The molecule has 2 N–H and O–H groups in total. The number of nitrogens with zero attached hydrogens (tertiary/aromatic N) is 4. The van der Waals surface area contributed by atoms with Crippen LogP contribution >= 0.6 is 11.6 Å². The van der Waals surface area contributed by atoms with E-state index in [1.165, 1.54) is 0 Å². The lowest BCUT2D eigenvalue weighted by atomic mass is 10.2. The van der Waals surface area contributed by atoms with Crippen molar-refractivity contribution in [3.8, 4) is 11.3 Å². The summed E-state index contributed by atoms with van der Waals surface area (Å²) in [4.78, 5) is 8.96. The first-order valence-electron chi connectivity index (χ1n) is 7.22. The van der Waals surface area contributed by atoms with E-state index in [1.807, 2.05) is 12.1 Å². The van der Waals surface area contributed by atoms with Gasteiger partial charge in [0.1, 0.15) is 5.82 Å². The van der Waals surface area contributed by atoms with Crippen LogP contribution in [0.3, 0.4) is 0 Å².